The molecule has 0 fully saturated rings. The maximum Gasteiger partial charge on any atom is 0.234 e. The lowest BCUT2D eigenvalue weighted by molar-refractivity contribution is -0.125. The molecule has 0 radical (unpaired) electrons. The van der Waals surface area contributed by atoms with Crippen LogP contribution in [0, 0.1) is 5.92 Å². The summed E-state index contributed by atoms with van der Waals surface area (Å²) in [7, 11) is 3.74. The largest absolute Gasteiger partial charge is 0.377 e. The van der Waals surface area contributed by atoms with Gasteiger partial charge in [-0.25, -0.2) is 0 Å². The number of nitrogens with one attached hydrogen (secondary N) is 1. The second kappa shape index (κ2) is 8.45. The van der Waals surface area contributed by atoms with Crippen LogP contribution in [0.3, 0.4) is 0 Å². The summed E-state index contributed by atoms with van der Waals surface area (Å²) >= 11 is 0. The molecular weight excluding hydrogens is 230 g/mol. The van der Waals surface area contributed by atoms with Crippen LogP contribution in [0.2, 0.25) is 0 Å². The van der Waals surface area contributed by atoms with Crippen molar-refractivity contribution in [1.29, 1.82) is 0 Å². The number of aliphatic hydroxyl groups is 1. The Balaban J connectivity index is 4.02. The molecule has 0 bridgehead atoms. The van der Waals surface area contributed by atoms with Crippen molar-refractivity contribution in [2.75, 3.05) is 33.7 Å². The molecule has 0 rings (SSSR count). The highest BCUT2D eigenvalue weighted by Gasteiger charge is 2.17. The van der Waals surface area contributed by atoms with Crippen LogP contribution in [-0.2, 0) is 4.79 Å². The average molecular weight is 259 g/mol. The molecule has 108 valence electrons. The summed E-state index contributed by atoms with van der Waals surface area (Å²) in [4.78, 5) is 15.3. The number of amides is 1. The second-order valence-corrected chi connectivity index (χ2v) is 5.73. The van der Waals surface area contributed by atoms with Gasteiger partial charge in [-0.15, -0.1) is 0 Å². The number of hydrogen-bond acceptors (Lipinski definition) is 4. The normalized spacial score (nSPS) is 13.7. The van der Waals surface area contributed by atoms with Gasteiger partial charge in [0.15, 0.2) is 0 Å². The molecule has 0 aromatic carbocycles. The highest BCUT2D eigenvalue weighted by atomic mass is 16.3. The fourth-order valence-electron chi connectivity index (χ4n) is 1.82. The van der Waals surface area contributed by atoms with Gasteiger partial charge in [-0.1, -0.05) is 13.8 Å². The summed E-state index contributed by atoms with van der Waals surface area (Å²) in [6.45, 7) is 9.82. The first-order valence-electron chi connectivity index (χ1n) is 6.58. The van der Waals surface area contributed by atoms with Crippen molar-refractivity contribution in [3.8, 4) is 0 Å². The lowest BCUT2D eigenvalue weighted by Crippen LogP contribution is -2.46. The minimum Gasteiger partial charge on any atom is -0.377 e. The van der Waals surface area contributed by atoms with Crippen LogP contribution in [0.4, 0.5) is 0 Å². The van der Waals surface area contributed by atoms with Gasteiger partial charge in [0.2, 0.25) is 5.91 Å². The van der Waals surface area contributed by atoms with Gasteiger partial charge in [0.25, 0.3) is 0 Å². The Morgan fingerprint density at radius 2 is 1.72 bits per heavy atom. The van der Waals surface area contributed by atoms with Gasteiger partial charge in [-0.2, -0.15) is 0 Å². The topological polar surface area (TPSA) is 55.8 Å². The molecular formula is C13H29N3O2. The highest BCUT2D eigenvalue weighted by molar-refractivity contribution is 5.78. The number of carbonyl (C=O) groups is 1. The van der Waals surface area contributed by atoms with Gasteiger partial charge in [0.1, 0.15) is 6.23 Å². The number of hydrogen-bond donors (Lipinski definition) is 2. The van der Waals surface area contributed by atoms with Crippen LogP contribution in [0.25, 0.3) is 0 Å². The second-order valence-electron chi connectivity index (χ2n) is 5.73. The third kappa shape index (κ3) is 8.44. The molecule has 2 N–H and O–H groups in total. The van der Waals surface area contributed by atoms with Gasteiger partial charge in [0, 0.05) is 19.1 Å². The van der Waals surface area contributed by atoms with E-state index in [2.05, 4.69) is 24.1 Å². The summed E-state index contributed by atoms with van der Waals surface area (Å²) in [6.07, 6.45) is -0.619. The minimum absolute atomic E-state index is 0.0573. The van der Waals surface area contributed by atoms with Crippen LogP contribution in [0.1, 0.15) is 27.7 Å². The number of aliphatic hydroxyl groups excluding tert-OH is 1. The first-order chi connectivity index (χ1) is 8.22. The van der Waals surface area contributed by atoms with E-state index >= 15 is 0 Å². The predicted molar refractivity (Wildman–Crippen MR) is 74.3 cm³/mol. The molecule has 0 spiro atoms. The Kier molecular flexibility index (Phi) is 8.15. The van der Waals surface area contributed by atoms with Gasteiger partial charge in [-0.05, 0) is 33.9 Å². The fraction of sp³-hybridized carbons (Fsp3) is 0.923. The zero-order valence-electron chi connectivity index (χ0n) is 12.6. The molecule has 18 heavy (non-hydrogen) atoms. The molecule has 0 aromatic heterocycles. The van der Waals surface area contributed by atoms with Crippen LogP contribution >= 0.6 is 0 Å². The van der Waals surface area contributed by atoms with E-state index in [-0.39, 0.29) is 18.5 Å². The quantitative estimate of drug-likeness (QED) is 0.618. The molecule has 1 amide bonds. The SMILES string of the molecule is CC(C)CN(C)CC(O)N(C)CC(=O)NC(C)C. The minimum atomic E-state index is -0.619. The van der Waals surface area contributed by atoms with Gasteiger partial charge < -0.3 is 15.3 Å². The lowest BCUT2D eigenvalue weighted by atomic mass is 10.2. The number of carbonyl (C=O) groups excluding carboxylic acids is 1. The summed E-state index contributed by atoms with van der Waals surface area (Å²) in [6, 6.07) is 0.131. The van der Waals surface area contributed by atoms with Crippen molar-refractivity contribution in [3.05, 3.63) is 0 Å². The van der Waals surface area contributed by atoms with E-state index in [9.17, 15) is 9.90 Å². The van der Waals surface area contributed by atoms with E-state index in [0.717, 1.165) is 6.54 Å². The van der Waals surface area contributed by atoms with Crippen molar-refractivity contribution in [3.63, 3.8) is 0 Å². The van der Waals surface area contributed by atoms with Gasteiger partial charge >= 0.3 is 0 Å². The number of rotatable bonds is 8. The maximum absolute atomic E-state index is 11.6. The third-order valence-electron chi connectivity index (χ3n) is 2.50. The Labute approximate surface area is 111 Å². The Morgan fingerprint density at radius 1 is 1.17 bits per heavy atom. The van der Waals surface area contributed by atoms with Gasteiger partial charge in [-0.3, -0.25) is 9.69 Å². The molecule has 0 aliphatic carbocycles. The zero-order valence-corrected chi connectivity index (χ0v) is 12.6. The Bertz CT molecular complexity index is 244. The Morgan fingerprint density at radius 3 is 2.17 bits per heavy atom. The molecule has 0 saturated carbocycles. The van der Waals surface area contributed by atoms with Crippen LogP contribution < -0.4 is 5.32 Å². The van der Waals surface area contributed by atoms with E-state index in [1.54, 1.807) is 11.9 Å². The monoisotopic (exact) mass is 259 g/mol. The molecule has 1 atom stereocenters. The number of likely N-dealkylation sites (N-methyl/N-ethyl adjacent to an activating group) is 2. The lowest BCUT2D eigenvalue weighted by Gasteiger charge is -2.28. The Hall–Kier alpha value is -0.650. The van der Waals surface area contributed by atoms with Crippen LogP contribution in [-0.4, -0.2) is 66.8 Å². The smallest absolute Gasteiger partial charge is 0.234 e. The third-order valence-corrected chi connectivity index (χ3v) is 2.50. The molecule has 0 saturated heterocycles. The summed E-state index contributed by atoms with van der Waals surface area (Å²) in [5, 5.41) is 12.8. The van der Waals surface area contributed by atoms with Crippen molar-refractivity contribution in [2.24, 2.45) is 5.92 Å². The molecule has 1 unspecified atom stereocenters. The zero-order chi connectivity index (χ0) is 14.3. The molecule has 0 heterocycles. The van der Waals surface area contributed by atoms with E-state index in [0.29, 0.717) is 12.5 Å². The van der Waals surface area contributed by atoms with Crippen molar-refractivity contribution in [1.82, 2.24) is 15.1 Å². The summed E-state index contributed by atoms with van der Waals surface area (Å²) in [5.41, 5.74) is 0. The van der Waals surface area contributed by atoms with Crippen LogP contribution in [0.15, 0.2) is 0 Å². The first-order valence-corrected chi connectivity index (χ1v) is 6.58. The fourth-order valence-corrected chi connectivity index (χ4v) is 1.82. The van der Waals surface area contributed by atoms with Crippen molar-refractivity contribution in [2.45, 2.75) is 40.0 Å². The molecule has 0 aliphatic rings. The summed E-state index contributed by atoms with van der Waals surface area (Å²) in [5.74, 6) is 0.509. The maximum atomic E-state index is 11.6. The predicted octanol–water partition coefficient (Wildman–Crippen LogP) is 0.349. The van der Waals surface area contributed by atoms with E-state index in [1.165, 1.54) is 0 Å². The average Bonchev–Trinajstić information content (AvgIpc) is 2.13. The van der Waals surface area contributed by atoms with Crippen LogP contribution in [0.5, 0.6) is 0 Å². The van der Waals surface area contributed by atoms with E-state index in [1.807, 2.05) is 20.9 Å². The molecule has 5 heteroatoms. The highest BCUT2D eigenvalue weighted by Crippen LogP contribution is 2.00. The van der Waals surface area contributed by atoms with Crippen molar-refractivity contribution < 1.29 is 9.90 Å². The first kappa shape index (κ1) is 17.4. The molecule has 0 aliphatic heterocycles. The van der Waals surface area contributed by atoms with E-state index in [4.69, 9.17) is 0 Å². The van der Waals surface area contributed by atoms with Gasteiger partial charge in [0.05, 0.1) is 6.54 Å². The van der Waals surface area contributed by atoms with E-state index < -0.39 is 6.23 Å². The number of nitrogens with zero attached hydrogens (tertiary/aromatic N) is 2. The molecule has 5 nitrogen and oxygen atoms in total. The summed E-state index contributed by atoms with van der Waals surface area (Å²) < 4.78 is 0. The molecule has 0 aromatic rings. The standard InChI is InChI=1S/C13H29N3O2/c1-10(2)7-15(5)9-13(18)16(6)8-12(17)14-11(3)4/h10-11,13,18H,7-9H2,1-6H3,(H,14,17). The van der Waals surface area contributed by atoms with Crippen molar-refractivity contribution >= 4 is 5.91 Å².